The Balaban J connectivity index is 2.84. The Labute approximate surface area is 98.5 Å². The average Bonchev–Trinajstić information content (AvgIpc) is 2.74. The molecule has 2 aromatic rings. The van der Waals surface area contributed by atoms with E-state index in [4.69, 9.17) is 0 Å². The molecular formula is C11H11NO4S. The molecule has 0 spiro atoms. The molecule has 0 atom stereocenters. The maximum atomic E-state index is 11.7. The van der Waals surface area contributed by atoms with Gasteiger partial charge < -0.3 is 4.98 Å². The van der Waals surface area contributed by atoms with Gasteiger partial charge in [-0.25, -0.2) is 0 Å². The number of hydrogen-bond donors (Lipinski definition) is 1. The minimum Gasteiger partial charge on any atom is -0.361 e. The quantitative estimate of drug-likeness (QED) is 0.667. The van der Waals surface area contributed by atoms with Crippen LogP contribution < -0.4 is 0 Å². The topological polar surface area (TPSA) is 76.2 Å². The van der Waals surface area contributed by atoms with Gasteiger partial charge in [0.15, 0.2) is 5.78 Å². The average molecular weight is 253 g/mol. The molecule has 0 saturated carbocycles. The fraction of sp³-hybridized carbons (Fsp3) is 0.182. The predicted octanol–water partition coefficient (Wildman–Crippen LogP) is 1.71. The van der Waals surface area contributed by atoms with E-state index in [9.17, 15) is 13.2 Å². The van der Waals surface area contributed by atoms with Gasteiger partial charge in [0, 0.05) is 22.7 Å². The molecule has 90 valence electrons. The summed E-state index contributed by atoms with van der Waals surface area (Å²) in [6.45, 7) is 1.32. The van der Waals surface area contributed by atoms with Crippen LogP contribution in [0.15, 0.2) is 29.3 Å². The van der Waals surface area contributed by atoms with Crippen LogP contribution in [0.25, 0.3) is 10.9 Å². The number of carbonyl (C=O) groups excluding carboxylic acids is 1. The molecule has 0 aliphatic heterocycles. The molecule has 0 aliphatic carbocycles. The minimum atomic E-state index is -3.88. The lowest BCUT2D eigenvalue weighted by atomic mass is 10.1. The van der Waals surface area contributed by atoms with E-state index in [1.807, 2.05) is 0 Å². The van der Waals surface area contributed by atoms with Gasteiger partial charge in [0.2, 0.25) is 0 Å². The molecule has 1 heterocycles. The fourth-order valence-corrected chi connectivity index (χ4v) is 2.57. The van der Waals surface area contributed by atoms with Crippen LogP contribution in [0.2, 0.25) is 0 Å². The van der Waals surface area contributed by atoms with Crippen LogP contribution in [0.3, 0.4) is 0 Å². The number of H-pyrrole nitrogens is 1. The molecule has 1 N–H and O–H groups in total. The van der Waals surface area contributed by atoms with Crippen LogP contribution in [0, 0.1) is 0 Å². The normalized spacial score (nSPS) is 11.9. The summed E-state index contributed by atoms with van der Waals surface area (Å²) in [5.74, 6) is -0.316. The highest BCUT2D eigenvalue weighted by Crippen LogP contribution is 2.24. The second-order valence-corrected chi connectivity index (χ2v) is 5.27. The molecule has 6 heteroatoms. The van der Waals surface area contributed by atoms with Crippen LogP contribution >= 0.6 is 0 Å². The molecule has 0 aliphatic rings. The van der Waals surface area contributed by atoms with Gasteiger partial charge in [0.1, 0.15) is 4.90 Å². The van der Waals surface area contributed by atoms with Crippen molar-refractivity contribution in [1.82, 2.24) is 4.98 Å². The number of ketones is 1. The lowest BCUT2D eigenvalue weighted by Crippen LogP contribution is -2.09. The van der Waals surface area contributed by atoms with E-state index >= 15 is 0 Å². The molecule has 0 saturated heterocycles. The van der Waals surface area contributed by atoms with Crippen LogP contribution in [0.1, 0.15) is 17.3 Å². The molecule has 1 aromatic heterocycles. The van der Waals surface area contributed by atoms with Crippen LogP contribution in [0.4, 0.5) is 0 Å². The van der Waals surface area contributed by atoms with E-state index < -0.39 is 10.1 Å². The molecule has 0 unspecified atom stereocenters. The Morgan fingerprint density at radius 3 is 2.65 bits per heavy atom. The Hall–Kier alpha value is -1.66. The molecule has 5 nitrogen and oxygen atoms in total. The minimum absolute atomic E-state index is 0.109. The summed E-state index contributed by atoms with van der Waals surface area (Å²) in [6.07, 6.45) is 1.68. The third-order valence-corrected chi connectivity index (χ3v) is 3.84. The molecular weight excluding hydrogens is 242 g/mol. The van der Waals surface area contributed by atoms with Gasteiger partial charge in [0.25, 0.3) is 10.1 Å². The lowest BCUT2D eigenvalue weighted by molar-refractivity contribution is 0.101. The molecule has 0 bridgehead atoms. The molecule has 17 heavy (non-hydrogen) atoms. The van der Waals surface area contributed by atoms with Crippen molar-refractivity contribution in [2.75, 3.05) is 7.11 Å². The van der Waals surface area contributed by atoms with Crippen molar-refractivity contribution in [2.45, 2.75) is 11.8 Å². The predicted molar refractivity (Wildman–Crippen MR) is 62.5 cm³/mol. The smallest absolute Gasteiger partial charge is 0.297 e. The van der Waals surface area contributed by atoms with Crippen molar-refractivity contribution < 1.29 is 17.4 Å². The zero-order chi connectivity index (χ0) is 12.6. The summed E-state index contributed by atoms with van der Waals surface area (Å²) in [5, 5.41) is 0.783. The Morgan fingerprint density at radius 2 is 2.06 bits per heavy atom. The highest BCUT2D eigenvalue weighted by atomic mass is 32.2. The van der Waals surface area contributed by atoms with E-state index in [1.165, 1.54) is 13.0 Å². The molecule has 0 radical (unpaired) electrons. The van der Waals surface area contributed by atoms with E-state index in [0.29, 0.717) is 5.52 Å². The number of carbonyl (C=O) groups is 1. The number of aromatic nitrogens is 1. The number of Topliss-reactive ketones (excluding diaryl/α,β-unsaturated/α-hetero) is 1. The third kappa shape index (κ3) is 1.96. The summed E-state index contributed by atoms with van der Waals surface area (Å²) in [4.78, 5) is 14.2. The summed E-state index contributed by atoms with van der Waals surface area (Å²) in [5.41, 5.74) is 0.782. The van der Waals surface area contributed by atoms with Gasteiger partial charge in [-0.15, -0.1) is 0 Å². The van der Waals surface area contributed by atoms with Gasteiger partial charge in [-0.2, -0.15) is 8.42 Å². The maximum Gasteiger partial charge on any atom is 0.297 e. The molecule has 0 amide bonds. The van der Waals surface area contributed by atoms with Gasteiger partial charge >= 0.3 is 0 Å². The first kappa shape index (κ1) is 11.8. The summed E-state index contributed by atoms with van der Waals surface area (Å²) >= 11 is 0. The largest absolute Gasteiger partial charge is 0.361 e. The Bertz CT molecular complexity index is 685. The second-order valence-electron chi connectivity index (χ2n) is 3.59. The first-order chi connectivity index (χ1) is 7.95. The standard InChI is InChI=1S/C11H11NO4S/c1-7(13)9-5-8-3-4-12-10(8)6-11(9)17(14,15)16-2/h3-6,12H,1-2H3. The first-order valence-electron chi connectivity index (χ1n) is 4.88. The highest BCUT2D eigenvalue weighted by Gasteiger charge is 2.21. The van der Waals surface area contributed by atoms with Gasteiger partial charge in [0.05, 0.1) is 7.11 Å². The van der Waals surface area contributed by atoms with Crippen LogP contribution in [-0.2, 0) is 14.3 Å². The second kappa shape index (κ2) is 3.97. The zero-order valence-electron chi connectivity index (χ0n) is 9.35. The third-order valence-electron chi connectivity index (χ3n) is 2.52. The van der Waals surface area contributed by atoms with Crippen molar-refractivity contribution >= 4 is 26.8 Å². The fourth-order valence-electron chi connectivity index (χ4n) is 1.65. The van der Waals surface area contributed by atoms with E-state index in [-0.39, 0.29) is 16.2 Å². The van der Waals surface area contributed by atoms with Gasteiger partial charge in [-0.1, -0.05) is 0 Å². The van der Waals surface area contributed by atoms with Crippen molar-refractivity contribution in [1.29, 1.82) is 0 Å². The zero-order valence-corrected chi connectivity index (χ0v) is 10.2. The van der Waals surface area contributed by atoms with Crippen molar-refractivity contribution in [2.24, 2.45) is 0 Å². The monoisotopic (exact) mass is 253 g/mol. The number of benzene rings is 1. The van der Waals surface area contributed by atoms with E-state index in [2.05, 4.69) is 9.17 Å². The Kier molecular flexibility index (Phi) is 2.76. The van der Waals surface area contributed by atoms with Crippen molar-refractivity contribution in [3.05, 3.63) is 30.0 Å². The summed E-state index contributed by atoms with van der Waals surface area (Å²) in [7, 11) is -2.82. The van der Waals surface area contributed by atoms with E-state index in [0.717, 1.165) is 12.5 Å². The number of hydrogen-bond acceptors (Lipinski definition) is 4. The highest BCUT2D eigenvalue weighted by molar-refractivity contribution is 7.86. The van der Waals surface area contributed by atoms with Crippen LogP contribution in [-0.4, -0.2) is 26.3 Å². The lowest BCUT2D eigenvalue weighted by Gasteiger charge is -2.06. The number of fused-ring (bicyclic) bond motifs is 1. The maximum absolute atomic E-state index is 11.7. The number of nitrogens with one attached hydrogen (secondary N) is 1. The summed E-state index contributed by atoms with van der Waals surface area (Å²) < 4.78 is 27.9. The number of aromatic amines is 1. The SMILES string of the molecule is COS(=O)(=O)c1cc2[nH]ccc2cc1C(C)=O. The first-order valence-corrected chi connectivity index (χ1v) is 6.29. The molecule has 1 aromatic carbocycles. The van der Waals surface area contributed by atoms with Crippen LogP contribution in [0.5, 0.6) is 0 Å². The van der Waals surface area contributed by atoms with Crippen molar-refractivity contribution in [3.63, 3.8) is 0 Å². The Morgan fingerprint density at radius 1 is 1.35 bits per heavy atom. The van der Waals surface area contributed by atoms with Gasteiger partial charge in [-0.05, 0) is 25.1 Å². The number of rotatable bonds is 3. The molecule has 2 rings (SSSR count). The summed E-state index contributed by atoms with van der Waals surface area (Å²) in [6, 6.07) is 4.72. The van der Waals surface area contributed by atoms with Gasteiger partial charge in [-0.3, -0.25) is 8.98 Å². The molecule has 0 fully saturated rings. The van der Waals surface area contributed by atoms with E-state index in [1.54, 1.807) is 18.3 Å². The van der Waals surface area contributed by atoms with Crippen molar-refractivity contribution in [3.8, 4) is 0 Å².